The summed E-state index contributed by atoms with van der Waals surface area (Å²) in [6, 6.07) is 5.03. The van der Waals surface area contributed by atoms with Crippen molar-refractivity contribution in [3.8, 4) is 0 Å². The Bertz CT molecular complexity index is 711. The van der Waals surface area contributed by atoms with Crippen LogP contribution in [0.4, 0.5) is 5.69 Å². The number of halogens is 1. The number of thioether (sulfide) groups is 1. The van der Waals surface area contributed by atoms with E-state index in [2.05, 4.69) is 26.4 Å². The molecule has 2 rings (SSSR count). The smallest absolute Gasteiger partial charge is 0.317 e. The Labute approximate surface area is 139 Å². The predicted octanol–water partition coefficient (Wildman–Crippen LogP) is 3.88. The number of anilines is 1. The number of allylic oxidation sites excluding steroid dienone is 3. The maximum Gasteiger partial charge on any atom is 0.317 e. The molecule has 0 radical (unpaired) electrons. The predicted molar refractivity (Wildman–Crippen MR) is 92.3 cm³/mol. The number of amides is 2. The van der Waals surface area contributed by atoms with Crippen LogP contribution in [0.1, 0.15) is 5.56 Å². The molecule has 0 bridgehead atoms. The fourth-order valence-electron chi connectivity index (χ4n) is 1.92. The van der Waals surface area contributed by atoms with Gasteiger partial charge < -0.3 is 5.32 Å². The number of carbonyl (C=O) groups excluding carboxylic acids is 2. The number of carbonyl (C=O) groups is 2. The van der Waals surface area contributed by atoms with E-state index < -0.39 is 5.91 Å². The number of hydrogen-bond acceptors (Lipinski definition) is 4. The average molecular weight is 379 g/mol. The van der Waals surface area contributed by atoms with E-state index in [9.17, 15) is 14.5 Å². The molecule has 22 heavy (non-hydrogen) atoms. The summed E-state index contributed by atoms with van der Waals surface area (Å²) in [6.07, 6.45) is 5.86. The molecule has 1 aromatic rings. The van der Waals surface area contributed by atoms with Gasteiger partial charge in [-0.05, 0) is 35.3 Å². The maximum atomic E-state index is 11.9. The molecule has 0 saturated heterocycles. The first kappa shape index (κ1) is 16.4. The molecule has 1 aliphatic rings. The zero-order chi connectivity index (χ0) is 15.9. The molecule has 1 heterocycles. The monoisotopic (exact) mass is 378 g/mol. The first-order valence-corrected chi connectivity index (χ1v) is 8.06. The molecule has 0 fully saturated rings. The maximum absolute atomic E-state index is 11.9. The SMILES string of the molecule is O=CNc1ccc(Br)cc1/C(=C/C1=CC=CSC1)C(=O)N=O. The first-order chi connectivity index (χ1) is 10.7. The van der Waals surface area contributed by atoms with Gasteiger partial charge in [0, 0.05) is 26.7 Å². The van der Waals surface area contributed by atoms with Crippen LogP contribution in [-0.2, 0) is 9.59 Å². The molecule has 0 aliphatic carbocycles. The second kappa shape index (κ2) is 7.86. The highest BCUT2D eigenvalue weighted by molar-refractivity contribution is 9.10. The van der Waals surface area contributed by atoms with Gasteiger partial charge in [-0.25, -0.2) is 0 Å². The lowest BCUT2D eigenvalue weighted by molar-refractivity contribution is -0.112. The van der Waals surface area contributed by atoms with Crippen LogP contribution >= 0.6 is 27.7 Å². The molecule has 0 unspecified atom stereocenters. The van der Waals surface area contributed by atoms with Crippen LogP contribution in [-0.4, -0.2) is 18.1 Å². The molecule has 1 N–H and O–H groups in total. The fraction of sp³-hybridized carbons (Fsp3) is 0.0667. The molecule has 7 heteroatoms. The molecule has 2 amide bonds. The van der Waals surface area contributed by atoms with Crippen LogP contribution in [0.5, 0.6) is 0 Å². The first-order valence-electron chi connectivity index (χ1n) is 6.22. The summed E-state index contributed by atoms with van der Waals surface area (Å²) in [7, 11) is 0. The summed E-state index contributed by atoms with van der Waals surface area (Å²) >= 11 is 4.90. The summed E-state index contributed by atoms with van der Waals surface area (Å²) in [4.78, 5) is 33.4. The van der Waals surface area contributed by atoms with Crippen molar-refractivity contribution in [2.24, 2.45) is 5.18 Å². The standard InChI is InChI=1S/C15H11BrN2O3S/c16-11-3-4-14(17-9-19)12(7-11)13(15(20)18-21)6-10-2-1-5-22-8-10/h1-7,9H,8H2,(H,17,19)/b13-6-. The van der Waals surface area contributed by atoms with Gasteiger partial charge >= 0.3 is 5.91 Å². The van der Waals surface area contributed by atoms with Crippen LogP contribution in [0.15, 0.2) is 57.1 Å². The minimum atomic E-state index is -0.882. The Morgan fingerprint density at radius 1 is 1.41 bits per heavy atom. The van der Waals surface area contributed by atoms with Gasteiger partial charge in [0.05, 0.1) is 5.57 Å². The Hall–Kier alpha value is -1.99. The number of hydrogen-bond donors (Lipinski definition) is 1. The third-order valence-corrected chi connectivity index (χ3v) is 4.21. The van der Waals surface area contributed by atoms with E-state index in [1.54, 1.807) is 36.0 Å². The van der Waals surface area contributed by atoms with E-state index in [1.165, 1.54) is 0 Å². The average Bonchev–Trinajstić information content (AvgIpc) is 2.55. The van der Waals surface area contributed by atoms with Gasteiger partial charge in [-0.1, -0.05) is 28.1 Å². The molecular formula is C15H11BrN2O3S. The van der Waals surface area contributed by atoms with E-state index in [4.69, 9.17) is 0 Å². The molecule has 0 saturated carbocycles. The summed E-state index contributed by atoms with van der Waals surface area (Å²) in [5.41, 5.74) is 1.90. The lowest BCUT2D eigenvalue weighted by Crippen LogP contribution is -2.04. The second-order valence-corrected chi connectivity index (χ2v) is 6.10. The number of rotatable bonds is 5. The van der Waals surface area contributed by atoms with E-state index in [1.807, 2.05) is 17.6 Å². The van der Waals surface area contributed by atoms with E-state index in [0.717, 1.165) is 10.0 Å². The summed E-state index contributed by atoms with van der Waals surface area (Å²) in [5, 5.41) is 6.98. The molecule has 112 valence electrons. The molecular weight excluding hydrogens is 368 g/mol. The van der Waals surface area contributed by atoms with Gasteiger partial charge in [-0.3, -0.25) is 9.59 Å². The fourth-order valence-corrected chi connectivity index (χ4v) is 2.94. The number of nitrogens with one attached hydrogen (secondary N) is 1. The van der Waals surface area contributed by atoms with Gasteiger partial charge in [0.2, 0.25) is 6.41 Å². The lowest BCUT2D eigenvalue weighted by atomic mass is 10.0. The van der Waals surface area contributed by atoms with Crippen molar-refractivity contribution in [3.63, 3.8) is 0 Å². The molecule has 0 spiro atoms. The third-order valence-electron chi connectivity index (χ3n) is 2.86. The summed E-state index contributed by atoms with van der Waals surface area (Å²) in [6.45, 7) is 0. The van der Waals surface area contributed by atoms with Crippen molar-refractivity contribution >= 4 is 51.3 Å². The van der Waals surface area contributed by atoms with Gasteiger partial charge in [0.1, 0.15) is 0 Å². The van der Waals surface area contributed by atoms with Crippen LogP contribution in [0, 0.1) is 4.91 Å². The molecule has 0 atom stereocenters. The second-order valence-electron chi connectivity index (χ2n) is 4.29. The van der Waals surface area contributed by atoms with E-state index >= 15 is 0 Å². The topological polar surface area (TPSA) is 75.6 Å². The third kappa shape index (κ3) is 4.02. The summed E-state index contributed by atoms with van der Waals surface area (Å²) < 4.78 is 0.718. The zero-order valence-electron chi connectivity index (χ0n) is 11.3. The number of benzene rings is 1. The largest absolute Gasteiger partial charge is 0.328 e. The van der Waals surface area contributed by atoms with E-state index in [-0.39, 0.29) is 5.57 Å². The van der Waals surface area contributed by atoms with Crippen LogP contribution in [0.3, 0.4) is 0 Å². The van der Waals surface area contributed by atoms with E-state index in [0.29, 0.717) is 23.4 Å². The van der Waals surface area contributed by atoms with Crippen molar-refractivity contribution in [3.05, 3.63) is 62.4 Å². The molecule has 1 aliphatic heterocycles. The highest BCUT2D eigenvalue weighted by atomic mass is 79.9. The highest BCUT2D eigenvalue weighted by Crippen LogP contribution is 2.30. The lowest BCUT2D eigenvalue weighted by Gasteiger charge is -2.11. The van der Waals surface area contributed by atoms with Crippen molar-refractivity contribution in [1.29, 1.82) is 0 Å². The molecule has 5 nitrogen and oxygen atoms in total. The normalized spacial score (nSPS) is 14.2. The van der Waals surface area contributed by atoms with Crippen LogP contribution < -0.4 is 5.32 Å². The Kier molecular flexibility index (Phi) is 5.85. The van der Waals surface area contributed by atoms with Crippen molar-refractivity contribution in [1.82, 2.24) is 0 Å². The van der Waals surface area contributed by atoms with Gasteiger partial charge in [0.25, 0.3) is 0 Å². The molecule has 0 aromatic heterocycles. The zero-order valence-corrected chi connectivity index (χ0v) is 13.7. The van der Waals surface area contributed by atoms with Crippen molar-refractivity contribution < 1.29 is 9.59 Å². The minimum Gasteiger partial charge on any atom is -0.328 e. The van der Waals surface area contributed by atoms with Crippen LogP contribution in [0.25, 0.3) is 5.57 Å². The number of nitroso groups, excluding NO2 is 1. The van der Waals surface area contributed by atoms with Crippen molar-refractivity contribution in [2.45, 2.75) is 0 Å². The van der Waals surface area contributed by atoms with Gasteiger partial charge in [0.15, 0.2) is 0 Å². The van der Waals surface area contributed by atoms with Gasteiger partial charge in [-0.15, -0.1) is 16.7 Å². The molecule has 1 aromatic carbocycles. The quantitative estimate of drug-likeness (QED) is 0.479. The Morgan fingerprint density at radius 2 is 2.23 bits per heavy atom. The highest BCUT2D eigenvalue weighted by Gasteiger charge is 2.17. The van der Waals surface area contributed by atoms with Gasteiger partial charge in [-0.2, -0.15) is 0 Å². The summed E-state index contributed by atoms with van der Waals surface area (Å²) in [5.74, 6) is -0.191. The number of nitrogens with zero attached hydrogens (tertiary/aromatic N) is 1. The van der Waals surface area contributed by atoms with Crippen LogP contribution in [0.2, 0.25) is 0 Å². The Morgan fingerprint density at radius 3 is 2.86 bits per heavy atom. The minimum absolute atomic E-state index is 0.141. The Balaban J connectivity index is 2.56. The van der Waals surface area contributed by atoms with Crippen molar-refractivity contribution in [2.75, 3.05) is 11.1 Å².